The summed E-state index contributed by atoms with van der Waals surface area (Å²) in [4.78, 5) is 26.9. The Morgan fingerprint density at radius 1 is 0.933 bits per heavy atom. The van der Waals surface area contributed by atoms with E-state index in [2.05, 4.69) is 10.3 Å². The Hall–Kier alpha value is -4.06. The second kappa shape index (κ2) is 8.13. The number of aromatic nitrogens is 1. The lowest BCUT2D eigenvalue weighted by Gasteiger charge is -2.22. The number of aromatic amines is 1. The van der Waals surface area contributed by atoms with Crippen molar-refractivity contribution in [3.8, 4) is 0 Å². The second-order valence-electron chi connectivity index (χ2n) is 6.82. The molecule has 6 heteroatoms. The number of esters is 1. The van der Waals surface area contributed by atoms with Crippen molar-refractivity contribution in [2.75, 3.05) is 12.4 Å². The van der Waals surface area contributed by atoms with Crippen LogP contribution in [0.4, 0.5) is 5.69 Å². The molecule has 0 fully saturated rings. The first-order valence-electron chi connectivity index (χ1n) is 9.42. The minimum Gasteiger partial charge on any atom is -0.478 e. The second-order valence-corrected chi connectivity index (χ2v) is 6.82. The number of carbonyl (C=O) groups is 2. The van der Waals surface area contributed by atoms with E-state index in [0.717, 1.165) is 27.7 Å². The van der Waals surface area contributed by atoms with Gasteiger partial charge in [0.1, 0.15) is 5.69 Å². The number of aromatic carboxylic acids is 1. The number of rotatable bonds is 6. The van der Waals surface area contributed by atoms with E-state index in [9.17, 15) is 9.59 Å². The number of carboxylic acids is 1. The van der Waals surface area contributed by atoms with Crippen LogP contribution in [-0.4, -0.2) is 29.1 Å². The van der Waals surface area contributed by atoms with Crippen LogP contribution in [0.25, 0.3) is 10.9 Å². The van der Waals surface area contributed by atoms with E-state index >= 15 is 0 Å². The van der Waals surface area contributed by atoms with E-state index in [4.69, 9.17) is 9.84 Å². The fourth-order valence-corrected chi connectivity index (χ4v) is 3.57. The summed E-state index contributed by atoms with van der Waals surface area (Å²) < 4.78 is 5.02. The van der Waals surface area contributed by atoms with Crippen molar-refractivity contribution in [1.82, 2.24) is 4.98 Å². The first kappa shape index (κ1) is 19.3. The standard InChI is InChI=1S/C24H20N2O4/c1-30-24(29)22-20(18-9-5-6-10-19(18)26-22)21(15-7-3-2-4-8-15)25-17-13-11-16(12-14-17)23(27)28/h2-14,21,25-26H,1H3,(H,27,28)/t21-/m1/s1. The van der Waals surface area contributed by atoms with Crippen molar-refractivity contribution < 1.29 is 19.4 Å². The summed E-state index contributed by atoms with van der Waals surface area (Å²) in [6.45, 7) is 0. The molecule has 3 aromatic carbocycles. The summed E-state index contributed by atoms with van der Waals surface area (Å²) in [6, 6.07) is 23.6. The van der Waals surface area contributed by atoms with Crippen molar-refractivity contribution in [2.24, 2.45) is 0 Å². The molecule has 0 amide bonds. The molecule has 4 aromatic rings. The first-order valence-corrected chi connectivity index (χ1v) is 9.42. The molecule has 6 nitrogen and oxygen atoms in total. The van der Waals surface area contributed by atoms with Crippen LogP contribution in [0.5, 0.6) is 0 Å². The Morgan fingerprint density at radius 2 is 1.60 bits per heavy atom. The highest BCUT2D eigenvalue weighted by atomic mass is 16.5. The molecule has 30 heavy (non-hydrogen) atoms. The maximum Gasteiger partial charge on any atom is 0.354 e. The predicted molar refractivity (Wildman–Crippen MR) is 115 cm³/mol. The summed E-state index contributed by atoms with van der Waals surface area (Å²) in [6.07, 6.45) is 0. The number of H-pyrrole nitrogens is 1. The van der Waals surface area contributed by atoms with Crippen LogP contribution in [0.15, 0.2) is 78.9 Å². The minimum absolute atomic E-state index is 0.208. The molecule has 150 valence electrons. The van der Waals surface area contributed by atoms with Crippen molar-refractivity contribution in [1.29, 1.82) is 0 Å². The molecule has 0 unspecified atom stereocenters. The lowest BCUT2D eigenvalue weighted by atomic mass is 9.95. The van der Waals surface area contributed by atoms with Crippen molar-refractivity contribution in [3.63, 3.8) is 0 Å². The quantitative estimate of drug-likeness (QED) is 0.402. The molecule has 3 N–H and O–H groups in total. The zero-order valence-electron chi connectivity index (χ0n) is 16.3. The van der Waals surface area contributed by atoms with Crippen molar-refractivity contribution in [3.05, 3.63) is 101 Å². The van der Waals surface area contributed by atoms with Gasteiger partial charge in [0.15, 0.2) is 0 Å². The van der Waals surface area contributed by atoms with Gasteiger partial charge in [0.2, 0.25) is 0 Å². The van der Waals surface area contributed by atoms with Gasteiger partial charge in [-0.05, 0) is 35.9 Å². The summed E-state index contributed by atoms with van der Waals surface area (Å²) in [5, 5.41) is 13.5. The normalized spacial score (nSPS) is 11.8. The van der Waals surface area contributed by atoms with Crippen LogP contribution in [-0.2, 0) is 4.74 Å². The zero-order chi connectivity index (χ0) is 21.1. The van der Waals surface area contributed by atoms with Gasteiger partial charge in [-0.1, -0.05) is 48.5 Å². The predicted octanol–water partition coefficient (Wildman–Crippen LogP) is 4.85. The molecular formula is C24H20N2O4. The van der Waals surface area contributed by atoms with Crippen LogP contribution in [0.2, 0.25) is 0 Å². The highest BCUT2D eigenvalue weighted by molar-refractivity contribution is 5.99. The summed E-state index contributed by atoms with van der Waals surface area (Å²) in [7, 11) is 1.35. The average Bonchev–Trinajstić information content (AvgIpc) is 3.17. The third kappa shape index (κ3) is 3.63. The van der Waals surface area contributed by atoms with E-state index in [-0.39, 0.29) is 11.6 Å². The number of carboxylic acid groups (broad SMARTS) is 1. The molecule has 0 saturated heterocycles. The fourth-order valence-electron chi connectivity index (χ4n) is 3.57. The number of methoxy groups -OCH3 is 1. The first-order chi connectivity index (χ1) is 14.6. The third-order valence-electron chi connectivity index (χ3n) is 5.00. The molecular weight excluding hydrogens is 380 g/mol. The summed E-state index contributed by atoms with van der Waals surface area (Å²) >= 11 is 0. The Morgan fingerprint density at radius 3 is 2.27 bits per heavy atom. The van der Waals surface area contributed by atoms with Gasteiger partial charge in [0.05, 0.1) is 18.7 Å². The third-order valence-corrected chi connectivity index (χ3v) is 5.00. The van der Waals surface area contributed by atoms with Gasteiger partial charge in [-0.15, -0.1) is 0 Å². The molecule has 0 aliphatic carbocycles. The Balaban J connectivity index is 1.87. The van der Waals surface area contributed by atoms with Crippen LogP contribution in [0.3, 0.4) is 0 Å². The lowest BCUT2D eigenvalue weighted by Crippen LogP contribution is -2.16. The van der Waals surface area contributed by atoms with Crippen molar-refractivity contribution in [2.45, 2.75) is 6.04 Å². The Kier molecular flexibility index (Phi) is 5.22. The number of para-hydroxylation sites is 1. The largest absolute Gasteiger partial charge is 0.478 e. The van der Waals surface area contributed by atoms with Gasteiger partial charge in [0, 0.05) is 22.2 Å². The number of fused-ring (bicyclic) bond motifs is 1. The molecule has 4 rings (SSSR count). The number of benzene rings is 3. The van der Waals surface area contributed by atoms with Gasteiger partial charge >= 0.3 is 11.9 Å². The number of hydrogen-bond acceptors (Lipinski definition) is 4. The van der Waals surface area contributed by atoms with Crippen LogP contribution >= 0.6 is 0 Å². The van der Waals surface area contributed by atoms with Crippen molar-refractivity contribution >= 4 is 28.5 Å². The number of ether oxygens (including phenoxy) is 1. The molecule has 0 aliphatic heterocycles. The summed E-state index contributed by atoms with van der Waals surface area (Å²) in [5.41, 5.74) is 3.87. The number of anilines is 1. The lowest BCUT2D eigenvalue weighted by molar-refractivity contribution is 0.0592. The maximum absolute atomic E-state index is 12.6. The van der Waals surface area contributed by atoms with E-state index in [0.29, 0.717) is 5.69 Å². The number of carbonyl (C=O) groups excluding carboxylic acids is 1. The van der Waals surface area contributed by atoms with Gasteiger partial charge in [-0.25, -0.2) is 9.59 Å². The van der Waals surface area contributed by atoms with Gasteiger partial charge in [0.25, 0.3) is 0 Å². The van der Waals surface area contributed by atoms with E-state index in [1.807, 2.05) is 54.6 Å². The van der Waals surface area contributed by atoms with Gasteiger partial charge in [-0.2, -0.15) is 0 Å². The molecule has 0 bridgehead atoms. The molecule has 0 saturated carbocycles. The monoisotopic (exact) mass is 400 g/mol. The number of nitrogens with one attached hydrogen (secondary N) is 2. The molecule has 0 spiro atoms. The maximum atomic E-state index is 12.6. The average molecular weight is 400 g/mol. The van der Waals surface area contributed by atoms with Gasteiger partial charge < -0.3 is 20.1 Å². The van der Waals surface area contributed by atoms with E-state index in [1.165, 1.54) is 7.11 Å². The SMILES string of the molecule is COC(=O)c1[nH]c2ccccc2c1[C@H](Nc1ccc(C(=O)O)cc1)c1ccccc1. The molecule has 1 atom stereocenters. The van der Waals surface area contributed by atoms with E-state index in [1.54, 1.807) is 24.3 Å². The highest BCUT2D eigenvalue weighted by Crippen LogP contribution is 2.35. The fraction of sp³-hybridized carbons (Fsp3) is 0.0833. The molecule has 1 heterocycles. The Bertz CT molecular complexity index is 1200. The molecule has 0 aliphatic rings. The highest BCUT2D eigenvalue weighted by Gasteiger charge is 2.26. The number of hydrogen-bond donors (Lipinski definition) is 3. The minimum atomic E-state index is -0.981. The molecule has 1 aromatic heterocycles. The summed E-state index contributed by atoms with van der Waals surface area (Å²) in [5.74, 6) is -1.43. The zero-order valence-corrected chi connectivity index (χ0v) is 16.3. The topological polar surface area (TPSA) is 91.4 Å². The Labute approximate surface area is 173 Å². The van der Waals surface area contributed by atoms with Crippen LogP contribution in [0, 0.1) is 0 Å². The molecule has 0 radical (unpaired) electrons. The van der Waals surface area contributed by atoms with E-state index < -0.39 is 11.9 Å². The van der Waals surface area contributed by atoms with Crippen LogP contribution < -0.4 is 5.32 Å². The van der Waals surface area contributed by atoms with Crippen LogP contribution in [0.1, 0.15) is 38.0 Å². The smallest absolute Gasteiger partial charge is 0.354 e. The van der Waals surface area contributed by atoms with Gasteiger partial charge in [-0.3, -0.25) is 0 Å².